The number of aromatic nitrogens is 1. The van der Waals surface area contributed by atoms with E-state index >= 15 is 0 Å². The molecule has 0 aliphatic heterocycles. The summed E-state index contributed by atoms with van der Waals surface area (Å²) in [5.74, 6) is 0.317. The molecule has 0 aliphatic carbocycles. The maximum absolute atomic E-state index is 11.6. The molecule has 0 saturated heterocycles. The molecule has 1 heterocycles. The third-order valence-electron chi connectivity index (χ3n) is 3.02. The van der Waals surface area contributed by atoms with Gasteiger partial charge in [0.1, 0.15) is 5.52 Å². The molecule has 7 heteroatoms. The monoisotopic (exact) mass is 322 g/mol. The maximum Gasteiger partial charge on any atom is 0.227 e. The van der Waals surface area contributed by atoms with Crippen LogP contribution in [0.2, 0.25) is 5.02 Å². The van der Waals surface area contributed by atoms with Crippen LogP contribution in [0, 0.1) is 0 Å². The molecule has 3 aromatic rings. The Labute approximate surface area is 126 Å². The third-order valence-corrected chi connectivity index (χ3v) is 4.45. The number of rotatable bonds is 2. The molecule has 0 fully saturated rings. The third kappa shape index (κ3) is 2.59. The highest BCUT2D eigenvalue weighted by Gasteiger charge is 2.13. The van der Waals surface area contributed by atoms with Crippen LogP contribution in [0.15, 0.2) is 45.7 Å². The largest absolute Gasteiger partial charge is 0.436 e. The lowest BCUT2D eigenvalue weighted by Gasteiger charge is -2.00. The number of nitrogens with zero attached hydrogens (tertiary/aromatic N) is 1. The molecular formula is C14H11ClN2O3S. The summed E-state index contributed by atoms with van der Waals surface area (Å²) in [7, 11) is -3.29. The summed E-state index contributed by atoms with van der Waals surface area (Å²) in [4.78, 5) is 4.51. The van der Waals surface area contributed by atoms with Crippen LogP contribution in [-0.4, -0.2) is 19.7 Å². The molecule has 0 aliphatic rings. The molecule has 1 aromatic heterocycles. The highest BCUT2D eigenvalue weighted by atomic mass is 35.5. The zero-order valence-electron chi connectivity index (χ0n) is 11.0. The Balaban J connectivity index is 2.17. The fourth-order valence-corrected chi connectivity index (χ4v) is 2.77. The van der Waals surface area contributed by atoms with Crippen LogP contribution in [-0.2, 0) is 9.84 Å². The molecular weight excluding hydrogens is 312 g/mol. The number of benzene rings is 2. The van der Waals surface area contributed by atoms with Crippen molar-refractivity contribution in [3.63, 3.8) is 0 Å². The summed E-state index contributed by atoms with van der Waals surface area (Å²) >= 11 is 5.94. The van der Waals surface area contributed by atoms with Crippen molar-refractivity contribution in [2.24, 2.45) is 0 Å². The van der Waals surface area contributed by atoms with Gasteiger partial charge in [0.2, 0.25) is 5.89 Å². The van der Waals surface area contributed by atoms with E-state index in [0.29, 0.717) is 33.3 Å². The van der Waals surface area contributed by atoms with Crippen molar-refractivity contribution in [3.8, 4) is 11.5 Å². The summed E-state index contributed by atoms with van der Waals surface area (Å²) in [6.45, 7) is 0. The standard InChI is InChI=1S/C14H11ClN2O3S/c1-21(18,19)9-4-2-3-8(5-9)14-17-12-6-10(15)11(16)7-13(12)20-14/h2-7H,16H2,1H3. The lowest BCUT2D eigenvalue weighted by molar-refractivity contribution is 0.601. The van der Waals surface area contributed by atoms with Gasteiger partial charge in [-0.3, -0.25) is 0 Å². The van der Waals surface area contributed by atoms with Crippen molar-refractivity contribution < 1.29 is 12.8 Å². The van der Waals surface area contributed by atoms with Crippen molar-refractivity contribution in [1.82, 2.24) is 4.98 Å². The molecule has 0 atom stereocenters. The first kappa shape index (κ1) is 13.9. The van der Waals surface area contributed by atoms with E-state index in [9.17, 15) is 8.42 Å². The van der Waals surface area contributed by atoms with Crippen molar-refractivity contribution in [1.29, 1.82) is 0 Å². The zero-order chi connectivity index (χ0) is 15.2. The number of halogens is 1. The van der Waals surface area contributed by atoms with Gasteiger partial charge in [0.05, 0.1) is 15.6 Å². The van der Waals surface area contributed by atoms with E-state index in [1.54, 1.807) is 24.3 Å². The van der Waals surface area contributed by atoms with E-state index in [1.807, 2.05) is 0 Å². The van der Waals surface area contributed by atoms with Gasteiger partial charge in [-0.25, -0.2) is 13.4 Å². The number of oxazole rings is 1. The second-order valence-electron chi connectivity index (χ2n) is 4.66. The Hall–Kier alpha value is -2.05. The van der Waals surface area contributed by atoms with Gasteiger partial charge in [-0.2, -0.15) is 0 Å². The van der Waals surface area contributed by atoms with Crippen LogP contribution < -0.4 is 5.73 Å². The molecule has 5 nitrogen and oxygen atoms in total. The van der Waals surface area contributed by atoms with Crippen molar-refractivity contribution in [2.45, 2.75) is 4.90 Å². The molecule has 108 valence electrons. The second-order valence-corrected chi connectivity index (χ2v) is 7.08. The van der Waals surface area contributed by atoms with Crippen LogP contribution in [0.1, 0.15) is 0 Å². The lowest BCUT2D eigenvalue weighted by atomic mass is 10.2. The molecule has 0 amide bonds. The Morgan fingerprint density at radius 3 is 2.71 bits per heavy atom. The van der Waals surface area contributed by atoms with E-state index in [0.717, 1.165) is 6.26 Å². The van der Waals surface area contributed by atoms with Crippen molar-refractivity contribution in [2.75, 3.05) is 12.0 Å². The van der Waals surface area contributed by atoms with Gasteiger partial charge in [-0.05, 0) is 24.3 Å². The fraction of sp³-hybridized carbons (Fsp3) is 0.0714. The number of sulfone groups is 1. The number of nitrogens with two attached hydrogens (primary N) is 1. The number of fused-ring (bicyclic) bond motifs is 1. The van der Waals surface area contributed by atoms with E-state index in [4.69, 9.17) is 21.8 Å². The van der Waals surface area contributed by atoms with Crippen LogP contribution in [0.4, 0.5) is 5.69 Å². The van der Waals surface area contributed by atoms with Crippen LogP contribution >= 0.6 is 11.6 Å². The average Bonchev–Trinajstić information content (AvgIpc) is 2.81. The topological polar surface area (TPSA) is 86.2 Å². The minimum atomic E-state index is -3.29. The molecule has 21 heavy (non-hydrogen) atoms. The molecule has 0 spiro atoms. The fourth-order valence-electron chi connectivity index (χ4n) is 1.95. The Morgan fingerprint density at radius 2 is 2.00 bits per heavy atom. The highest BCUT2D eigenvalue weighted by molar-refractivity contribution is 7.90. The summed E-state index contributed by atoms with van der Waals surface area (Å²) in [5, 5.41) is 0.396. The quantitative estimate of drug-likeness (QED) is 0.732. The first-order valence-corrected chi connectivity index (χ1v) is 8.27. The van der Waals surface area contributed by atoms with Gasteiger partial charge in [-0.1, -0.05) is 17.7 Å². The zero-order valence-corrected chi connectivity index (χ0v) is 12.6. The normalized spacial score (nSPS) is 11.9. The van der Waals surface area contributed by atoms with E-state index in [-0.39, 0.29) is 4.90 Å². The minimum absolute atomic E-state index is 0.208. The molecule has 2 aromatic carbocycles. The lowest BCUT2D eigenvalue weighted by Crippen LogP contribution is -1.96. The predicted molar refractivity (Wildman–Crippen MR) is 82.0 cm³/mol. The van der Waals surface area contributed by atoms with Gasteiger partial charge in [0.25, 0.3) is 0 Å². The summed E-state index contributed by atoms with van der Waals surface area (Å²) in [6.07, 6.45) is 1.15. The number of anilines is 1. The van der Waals surface area contributed by atoms with Crippen LogP contribution in [0.25, 0.3) is 22.6 Å². The summed E-state index contributed by atoms with van der Waals surface area (Å²) in [6, 6.07) is 9.61. The second kappa shape index (κ2) is 4.75. The Bertz CT molecular complexity index is 909. The highest BCUT2D eigenvalue weighted by Crippen LogP contribution is 2.30. The Morgan fingerprint density at radius 1 is 1.24 bits per heavy atom. The van der Waals surface area contributed by atoms with E-state index in [2.05, 4.69) is 4.98 Å². The summed E-state index contributed by atoms with van der Waals surface area (Å²) < 4.78 is 28.8. The van der Waals surface area contributed by atoms with Gasteiger partial charge >= 0.3 is 0 Å². The van der Waals surface area contributed by atoms with Gasteiger partial charge in [0.15, 0.2) is 15.4 Å². The van der Waals surface area contributed by atoms with Crippen LogP contribution in [0.5, 0.6) is 0 Å². The molecule has 0 bridgehead atoms. The van der Waals surface area contributed by atoms with Gasteiger partial charge in [0, 0.05) is 17.9 Å². The molecule has 3 rings (SSSR count). The first-order valence-electron chi connectivity index (χ1n) is 6.00. The summed E-state index contributed by atoms with van der Waals surface area (Å²) in [5.41, 5.74) is 7.75. The van der Waals surface area contributed by atoms with E-state index in [1.165, 1.54) is 12.1 Å². The van der Waals surface area contributed by atoms with Gasteiger partial charge < -0.3 is 10.2 Å². The molecule has 0 unspecified atom stereocenters. The van der Waals surface area contributed by atoms with Crippen LogP contribution in [0.3, 0.4) is 0 Å². The molecule has 0 radical (unpaired) electrons. The number of hydrogen-bond donors (Lipinski definition) is 1. The molecule has 2 N–H and O–H groups in total. The predicted octanol–water partition coefficient (Wildman–Crippen LogP) is 3.13. The smallest absolute Gasteiger partial charge is 0.227 e. The first-order chi connectivity index (χ1) is 9.84. The number of hydrogen-bond acceptors (Lipinski definition) is 5. The number of nitrogen functional groups attached to an aromatic ring is 1. The SMILES string of the molecule is CS(=O)(=O)c1cccc(-c2nc3cc(Cl)c(N)cc3o2)c1. The minimum Gasteiger partial charge on any atom is -0.436 e. The van der Waals surface area contributed by atoms with Gasteiger partial charge in [-0.15, -0.1) is 0 Å². The molecule has 0 saturated carbocycles. The van der Waals surface area contributed by atoms with Crippen molar-refractivity contribution >= 4 is 38.2 Å². The average molecular weight is 323 g/mol. The maximum atomic E-state index is 11.6. The Kier molecular flexibility index (Phi) is 3.15. The van der Waals surface area contributed by atoms with Crippen molar-refractivity contribution in [3.05, 3.63) is 41.4 Å². The van der Waals surface area contributed by atoms with E-state index < -0.39 is 9.84 Å².